The van der Waals surface area contributed by atoms with Crippen LogP contribution in [0.4, 0.5) is 0 Å². The first-order valence-corrected chi connectivity index (χ1v) is 9.90. The summed E-state index contributed by atoms with van der Waals surface area (Å²) in [7, 11) is 0. The smallest absolute Gasteiger partial charge is 0.00104 e. The second kappa shape index (κ2) is 11.5. The lowest BCUT2D eigenvalue weighted by molar-refractivity contribution is 0.158. The Bertz CT molecular complexity index is 236. The van der Waals surface area contributed by atoms with Crippen LogP contribution in [0, 0.1) is 17.8 Å². The Balaban J connectivity index is 2.28. The molecule has 0 aromatic heterocycles. The zero-order chi connectivity index (χ0) is 15.5. The van der Waals surface area contributed by atoms with Crippen molar-refractivity contribution in [3.05, 3.63) is 0 Å². The molecule has 0 aromatic rings. The zero-order valence-corrected chi connectivity index (χ0v) is 15.3. The van der Waals surface area contributed by atoms with Crippen molar-refractivity contribution in [1.29, 1.82) is 0 Å². The summed E-state index contributed by atoms with van der Waals surface area (Å²) in [6, 6.07) is 0.642. The molecule has 0 amide bonds. The third kappa shape index (κ3) is 8.24. The highest BCUT2D eigenvalue weighted by atomic mass is 14.9. The lowest BCUT2D eigenvalue weighted by Crippen LogP contribution is -2.36. The molecule has 1 fully saturated rings. The molecule has 1 saturated carbocycles. The van der Waals surface area contributed by atoms with E-state index in [4.69, 9.17) is 0 Å². The first-order valence-electron chi connectivity index (χ1n) is 9.90. The number of rotatable bonds is 11. The van der Waals surface area contributed by atoms with Crippen LogP contribution in [0.5, 0.6) is 0 Å². The fourth-order valence-electron chi connectivity index (χ4n) is 3.99. The largest absolute Gasteiger partial charge is 0.314 e. The van der Waals surface area contributed by atoms with Crippen LogP contribution in [0.2, 0.25) is 0 Å². The quantitative estimate of drug-likeness (QED) is 0.449. The van der Waals surface area contributed by atoms with Gasteiger partial charge in [-0.2, -0.15) is 0 Å². The number of hydrogen-bond acceptors (Lipinski definition) is 1. The van der Waals surface area contributed by atoms with Gasteiger partial charge in [0.1, 0.15) is 0 Å². The minimum atomic E-state index is 0.642. The van der Waals surface area contributed by atoms with E-state index in [0.717, 1.165) is 17.8 Å². The van der Waals surface area contributed by atoms with Gasteiger partial charge in [0.05, 0.1) is 0 Å². The summed E-state index contributed by atoms with van der Waals surface area (Å²) in [5.74, 6) is 2.97. The molecule has 0 radical (unpaired) electrons. The van der Waals surface area contributed by atoms with Crippen LogP contribution in [0.25, 0.3) is 0 Å². The molecule has 0 bridgehead atoms. The van der Waals surface area contributed by atoms with Crippen molar-refractivity contribution in [2.24, 2.45) is 17.8 Å². The van der Waals surface area contributed by atoms with Gasteiger partial charge in [0.25, 0.3) is 0 Å². The lowest BCUT2D eigenvalue weighted by Gasteiger charge is -2.36. The summed E-state index contributed by atoms with van der Waals surface area (Å²) in [5.41, 5.74) is 0. The van der Waals surface area contributed by atoms with E-state index in [-0.39, 0.29) is 0 Å². The minimum absolute atomic E-state index is 0.642. The van der Waals surface area contributed by atoms with E-state index in [1.807, 2.05) is 0 Å². The molecule has 126 valence electrons. The molecule has 1 aliphatic rings. The summed E-state index contributed by atoms with van der Waals surface area (Å²) < 4.78 is 0. The van der Waals surface area contributed by atoms with Crippen LogP contribution in [-0.2, 0) is 0 Å². The van der Waals surface area contributed by atoms with Gasteiger partial charge in [-0.25, -0.2) is 0 Å². The Morgan fingerprint density at radius 3 is 2.29 bits per heavy atom. The topological polar surface area (TPSA) is 12.0 Å². The van der Waals surface area contributed by atoms with Gasteiger partial charge in [-0.15, -0.1) is 0 Å². The third-order valence-electron chi connectivity index (χ3n) is 5.54. The maximum Gasteiger partial charge on any atom is 0.00104 e. The van der Waals surface area contributed by atoms with Crippen molar-refractivity contribution in [3.63, 3.8) is 0 Å². The molecular weight excluding hydrogens is 254 g/mol. The summed E-state index contributed by atoms with van der Waals surface area (Å²) in [4.78, 5) is 0. The highest BCUT2D eigenvalue weighted by Gasteiger charge is 2.29. The van der Waals surface area contributed by atoms with E-state index >= 15 is 0 Å². The van der Waals surface area contributed by atoms with Gasteiger partial charge in [0.2, 0.25) is 0 Å². The molecule has 1 N–H and O–H groups in total. The molecule has 0 saturated heterocycles. The van der Waals surface area contributed by atoms with Gasteiger partial charge in [0.15, 0.2) is 0 Å². The average Bonchev–Trinajstić information content (AvgIpc) is 2.49. The van der Waals surface area contributed by atoms with Crippen LogP contribution >= 0.6 is 0 Å². The lowest BCUT2D eigenvalue weighted by atomic mass is 9.71. The van der Waals surface area contributed by atoms with Crippen LogP contribution in [0.3, 0.4) is 0 Å². The Morgan fingerprint density at radius 1 is 0.905 bits per heavy atom. The highest BCUT2D eigenvalue weighted by Crippen LogP contribution is 2.38. The van der Waals surface area contributed by atoms with Crippen molar-refractivity contribution in [1.82, 2.24) is 5.32 Å². The second-order valence-corrected chi connectivity index (χ2v) is 7.73. The second-order valence-electron chi connectivity index (χ2n) is 7.73. The molecule has 3 atom stereocenters. The third-order valence-corrected chi connectivity index (χ3v) is 5.54. The van der Waals surface area contributed by atoms with Crippen LogP contribution in [0.15, 0.2) is 0 Å². The van der Waals surface area contributed by atoms with E-state index in [1.54, 1.807) is 0 Å². The van der Waals surface area contributed by atoms with Crippen molar-refractivity contribution < 1.29 is 0 Å². The van der Waals surface area contributed by atoms with Crippen LogP contribution in [-0.4, -0.2) is 12.6 Å². The van der Waals surface area contributed by atoms with E-state index in [2.05, 4.69) is 33.0 Å². The average molecular weight is 296 g/mol. The summed E-state index contributed by atoms with van der Waals surface area (Å²) in [6.07, 6.45) is 16.0. The normalized spacial score (nSPS) is 26.4. The summed E-state index contributed by atoms with van der Waals surface area (Å²) >= 11 is 0. The molecule has 1 nitrogen and oxygen atoms in total. The minimum Gasteiger partial charge on any atom is -0.314 e. The van der Waals surface area contributed by atoms with Crippen molar-refractivity contribution in [2.45, 2.75) is 104 Å². The molecule has 0 aliphatic heterocycles. The predicted molar refractivity (Wildman–Crippen MR) is 95.7 cm³/mol. The molecule has 21 heavy (non-hydrogen) atoms. The fraction of sp³-hybridized carbons (Fsp3) is 1.00. The monoisotopic (exact) mass is 295 g/mol. The maximum atomic E-state index is 3.70. The Labute approximate surface area is 134 Å². The highest BCUT2D eigenvalue weighted by molar-refractivity contribution is 4.81. The Morgan fingerprint density at radius 2 is 1.62 bits per heavy atom. The standard InChI is InChI=1S/C20H41N/c1-5-7-8-9-10-11-12-19-15-18(6-2)13-14-20(19)16-21-17(3)4/h17-21H,5-16H2,1-4H3. The van der Waals surface area contributed by atoms with E-state index < -0.39 is 0 Å². The van der Waals surface area contributed by atoms with Crippen molar-refractivity contribution >= 4 is 0 Å². The molecule has 1 aliphatic carbocycles. The molecule has 0 aromatic carbocycles. The number of nitrogens with one attached hydrogen (secondary N) is 1. The van der Waals surface area contributed by atoms with Gasteiger partial charge < -0.3 is 5.32 Å². The Hall–Kier alpha value is -0.0400. The van der Waals surface area contributed by atoms with E-state index in [0.29, 0.717) is 6.04 Å². The molecule has 0 spiro atoms. The van der Waals surface area contributed by atoms with Gasteiger partial charge in [-0.05, 0) is 37.1 Å². The maximum absolute atomic E-state index is 3.70. The van der Waals surface area contributed by atoms with Gasteiger partial charge in [-0.3, -0.25) is 0 Å². The van der Waals surface area contributed by atoms with Crippen LogP contribution < -0.4 is 5.32 Å². The molecular formula is C20H41N. The van der Waals surface area contributed by atoms with E-state index in [9.17, 15) is 0 Å². The molecule has 0 heterocycles. The predicted octanol–water partition coefficient (Wildman–Crippen LogP) is 6.18. The van der Waals surface area contributed by atoms with Crippen molar-refractivity contribution in [3.8, 4) is 0 Å². The summed E-state index contributed by atoms with van der Waals surface area (Å²) in [5, 5.41) is 3.70. The SMILES string of the molecule is CCCCCCCCC1CC(CC)CCC1CNC(C)C. The molecule has 1 rings (SSSR count). The van der Waals surface area contributed by atoms with E-state index in [1.165, 1.54) is 77.2 Å². The van der Waals surface area contributed by atoms with Crippen LogP contribution in [0.1, 0.15) is 98.3 Å². The van der Waals surface area contributed by atoms with Gasteiger partial charge >= 0.3 is 0 Å². The first-order chi connectivity index (χ1) is 10.2. The van der Waals surface area contributed by atoms with Gasteiger partial charge in [-0.1, -0.05) is 85.5 Å². The molecule has 1 heteroatoms. The molecule has 3 unspecified atom stereocenters. The summed E-state index contributed by atoms with van der Waals surface area (Å²) in [6.45, 7) is 10.5. The zero-order valence-electron chi connectivity index (χ0n) is 15.3. The first kappa shape index (κ1) is 19.0. The fourth-order valence-corrected chi connectivity index (χ4v) is 3.99. The number of hydrogen-bond donors (Lipinski definition) is 1. The van der Waals surface area contributed by atoms with Crippen molar-refractivity contribution in [2.75, 3.05) is 6.54 Å². The Kier molecular flexibility index (Phi) is 10.4. The van der Waals surface area contributed by atoms with Gasteiger partial charge in [0, 0.05) is 6.04 Å². The number of unbranched alkanes of at least 4 members (excludes halogenated alkanes) is 5.